The van der Waals surface area contributed by atoms with E-state index in [9.17, 15) is 16.8 Å². The summed E-state index contributed by atoms with van der Waals surface area (Å²) in [5.74, 6) is -0.574. The fourth-order valence-corrected chi connectivity index (χ4v) is 4.54. The molecule has 0 aliphatic heterocycles. The van der Waals surface area contributed by atoms with Gasteiger partial charge in [0.15, 0.2) is 9.84 Å². The van der Waals surface area contributed by atoms with E-state index < -0.39 is 25.4 Å². The van der Waals surface area contributed by atoms with Crippen LogP contribution in [-0.4, -0.2) is 41.7 Å². The van der Waals surface area contributed by atoms with Gasteiger partial charge in [0.2, 0.25) is 0 Å². The van der Waals surface area contributed by atoms with Crippen LogP contribution in [0.4, 0.5) is 5.69 Å². The number of anilines is 1. The Morgan fingerprint density at radius 2 is 1.74 bits per heavy atom. The van der Waals surface area contributed by atoms with Crippen LogP contribution in [0.15, 0.2) is 18.2 Å². The second kappa shape index (κ2) is 5.79. The lowest BCUT2D eigenvalue weighted by Crippen LogP contribution is -2.17. The number of benzene rings is 1. The van der Waals surface area contributed by atoms with Crippen LogP contribution in [0.3, 0.4) is 0 Å². The Labute approximate surface area is 113 Å². The quantitative estimate of drug-likeness (QED) is 0.755. The smallest absolute Gasteiger partial charge is 0.155 e. The third-order valence-electron chi connectivity index (χ3n) is 2.38. The number of hydrogen-bond acceptors (Lipinski definition) is 6. The first-order valence-corrected chi connectivity index (χ1v) is 9.31. The van der Waals surface area contributed by atoms with E-state index in [4.69, 9.17) is 10.5 Å². The van der Waals surface area contributed by atoms with Crippen LogP contribution in [0.1, 0.15) is 5.56 Å². The third kappa shape index (κ3) is 5.93. The zero-order valence-electron chi connectivity index (χ0n) is 10.8. The predicted molar refractivity (Wildman–Crippen MR) is 74.6 cm³/mol. The molecule has 0 atom stereocenters. The van der Waals surface area contributed by atoms with E-state index in [0.29, 0.717) is 17.0 Å². The number of methoxy groups -OCH3 is 1. The molecule has 0 spiro atoms. The van der Waals surface area contributed by atoms with Crippen molar-refractivity contribution in [2.75, 3.05) is 30.6 Å². The maximum atomic E-state index is 11.8. The fraction of sp³-hybridized carbons (Fsp3) is 0.455. The Morgan fingerprint density at radius 1 is 1.11 bits per heavy atom. The standard InChI is InChI=1S/C11H17NO5S2/c1-17-11-6-9(5-10(12)7-11)8-19(15,16)4-3-18(2,13)14/h5-7H,3-4,8,12H2,1-2H3. The molecule has 6 nitrogen and oxygen atoms in total. The van der Waals surface area contributed by atoms with Crippen LogP contribution in [-0.2, 0) is 25.4 Å². The largest absolute Gasteiger partial charge is 0.497 e. The fourth-order valence-electron chi connectivity index (χ4n) is 1.49. The van der Waals surface area contributed by atoms with E-state index in [1.165, 1.54) is 13.2 Å². The Morgan fingerprint density at radius 3 is 2.26 bits per heavy atom. The zero-order valence-corrected chi connectivity index (χ0v) is 12.4. The van der Waals surface area contributed by atoms with Crippen molar-refractivity contribution in [1.82, 2.24) is 0 Å². The molecule has 19 heavy (non-hydrogen) atoms. The minimum absolute atomic E-state index is 0.260. The van der Waals surface area contributed by atoms with Crippen molar-refractivity contribution >= 4 is 25.4 Å². The normalized spacial score (nSPS) is 12.3. The lowest BCUT2D eigenvalue weighted by atomic mass is 10.2. The van der Waals surface area contributed by atoms with Crippen molar-refractivity contribution in [2.45, 2.75) is 5.75 Å². The highest BCUT2D eigenvalue weighted by Gasteiger charge is 2.16. The van der Waals surface area contributed by atoms with E-state index in [1.54, 1.807) is 12.1 Å². The summed E-state index contributed by atoms with van der Waals surface area (Å²) in [4.78, 5) is 0. The Hall–Kier alpha value is -1.28. The van der Waals surface area contributed by atoms with Gasteiger partial charge in [0.05, 0.1) is 24.4 Å². The summed E-state index contributed by atoms with van der Waals surface area (Å²) in [5, 5.41) is 0. The average Bonchev–Trinajstić information content (AvgIpc) is 2.24. The van der Waals surface area contributed by atoms with Crippen molar-refractivity contribution in [3.8, 4) is 5.75 Å². The molecule has 0 aliphatic rings. The van der Waals surface area contributed by atoms with Crippen molar-refractivity contribution in [2.24, 2.45) is 0 Å². The molecule has 108 valence electrons. The Bertz CT molecular complexity index is 650. The molecule has 0 fully saturated rings. The highest BCUT2D eigenvalue weighted by Crippen LogP contribution is 2.20. The van der Waals surface area contributed by atoms with Gasteiger partial charge in [-0.05, 0) is 17.7 Å². The molecule has 2 N–H and O–H groups in total. The molecule has 0 unspecified atom stereocenters. The number of ether oxygens (including phenoxy) is 1. The van der Waals surface area contributed by atoms with Crippen LogP contribution in [0.5, 0.6) is 5.75 Å². The average molecular weight is 307 g/mol. The molecule has 0 heterocycles. The highest BCUT2D eigenvalue weighted by atomic mass is 32.2. The minimum Gasteiger partial charge on any atom is -0.497 e. The molecule has 0 radical (unpaired) electrons. The molecule has 8 heteroatoms. The first-order valence-electron chi connectivity index (χ1n) is 5.43. The Kier molecular flexibility index (Phi) is 4.81. The van der Waals surface area contributed by atoms with E-state index in [-0.39, 0.29) is 11.5 Å². The second-order valence-corrected chi connectivity index (χ2v) is 8.78. The maximum absolute atomic E-state index is 11.8. The first kappa shape index (κ1) is 15.8. The molecule has 0 bridgehead atoms. The van der Waals surface area contributed by atoms with Gasteiger partial charge in [0.25, 0.3) is 0 Å². The van der Waals surface area contributed by atoms with Crippen LogP contribution >= 0.6 is 0 Å². The van der Waals surface area contributed by atoms with Gasteiger partial charge < -0.3 is 10.5 Å². The van der Waals surface area contributed by atoms with Crippen LogP contribution in [0.25, 0.3) is 0 Å². The third-order valence-corrected chi connectivity index (χ3v) is 5.18. The van der Waals surface area contributed by atoms with Crippen molar-refractivity contribution in [1.29, 1.82) is 0 Å². The lowest BCUT2D eigenvalue weighted by molar-refractivity contribution is 0.414. The molecule has 0 saturated carbocycles. The number of nitrogen functional groups attached to an aromatic ring is 1. The van der Waals surface area contributed by atoms with E-state index >= 15 is 0 Å². The topological polar surface area (TPSA) is 104 Å². The van der Waals surface area contributed by atoms with Gasteiger partial charge in [-0.3, -0.25) is 0 Å². The van der Waals surface area contributed by atoms with Gasteiger partial charge in [-0.1, -0.05) is 0 Å². The molecule has 0 amide bonds. The molecule has 1 aromatic rings. The van der Waals surface area contributed by atoms with E-state index in [2.05, 4.69) is 0 Å². The highest BCUT2D eigenvalue weighted by molar-refractivity contribution is 7.94. The SMILES string of the molecule is COc1cc(N)cc(CS(=O)(=O)CCS(C)(=O)=O)c1. The molecular weight excluding hydrogens is 290 g/mol. The molecular formula is C11H17NO5S2. The summed E-state index contributed by atoms with van der Waals surface area (Å²) in [6.45, 7) is 0. The molecule has 1 rings (SSSR count). The summed E-state index contributed by atoms with van der Waals surface area (Å²) in [6.07, 6.45) is 1.01. The number of rotatable bonds is 6. The lowest BCUT2D eigenvalue weighted by Gasteiger charge is -2.07. The van der Waals surface area contributed by atoms with Gasteiger partial charge in [-0.15, -0.1) is 0 Å². The summed E-state index contributed by atoms with van der Waals surface area (Å²) < 4.78 is 50.6. The molecule has 0 aromatic heterocycles. The summed E-state index contributed by atoms with van der Waals surface area (Å²) in [5.41, 5.74) is 6.50. The van der Waals surface area contributed by atoms with Crippen molar-refractivity contribution < 1.29 is 21.6 Å². The van der Waals surface area contributed by atoms with Crippen LogP contribution in [0, 0.1) is 0 Å². The van der Waals surface area contributed by atoms with Crippen LogP contribution in [0.2, 0.25) is 0 Å². The van der Waals surface area contributed by atoms with Gasteiger partial charge in [-0.2, -0.15) is 0 Å². The molecule has 0 saturated heterocycles. The predicted octanol–water partition coefficient (Wildman–Crippen LogP) is 0.237. The summed E-state index contributed by atoms with van der Waals surface area (Å²) in [7, 11) is -5.34. The van der Waals surface area contributed by atoms with Gasteiger partial charge in [0.1, 0.15) is 15.6 Å². The van der Waals surface area contributed by atoms with Gasteiger partial charge >= 0.3 is 0 Å². The van der Waals surface area contributed by atoms with E-state index in [1.807, 2.05) is 0 Å². The van der Waals surface area contributed by atoms with Crippen molar-refractivity contribution in [3.05, 3.63) is 23.8 Å². The Balaban J connectivity index is 2.86. The molecule has 0 aliphatic carbocycles. The number of hydrogen-bond donors (Lipinski definition) is 1. The summed E-state index contributed by atoms with van der Waals surface area (Å²) in [6, 6.07) is 4.67. The number of nitrogens with two attached hydrogens (primary N) is 1. The number of sulfone groups is 2. The van der Waals surface area contributed by atoms with Crippen LogP contribution < -0.4 is 10.5 Å². The van der Waals surface area contributed by atoms with Gasteiger partial charge in [-0.25, -0.2) is 16.8 Å². The van der Waals surface area contributed by atoms with Crippen molar-refractivity contribution in [3.63, 3.8) is 0 Å². The zero-order chi connectivity index (χ0) is 14.7. The maximum Gasteiger partial charge on any atom is 0.155 e. The minimum atomic E-state index is -3.50. The second-order valence-electron chi connectivity index (χ2n) is 4.34. The monoisotopic (exact) mass is 307 g/mol. The summed E-state index contributed by atoms with van der Waals surface area (Å²) >= 11 is 0. The van der Waals surface area contributed by atoms with E-state index in [0.717, 1.165) is 6.26 Å². The van der Waals surface area contributed by atoms with Gasteiger partial charge in [0, 0.05) is 18.0 Å². The molecule has 1 aromatic carbocycles. The first-order chi connectivity index (χ1) is 8.61.